The van der Waals surface area contributed by atoms with Crippen LogP contribution in [-0.2, 0) is 4.79 Å². The van der Waals surface area contributed by atoms with Crippen molar-refractivity contribution in [3.63, 3.8) is 0 Å². The van der Waals surface area contributed by atoms with Crippen molar-refractivity contribution in [1.82, 2.24) is 0 Å². The Labute approximate surface area is 132 Å². The lowest BCUT2D eigenvalue weighted by Crippen LogP contribution is -2.32. The first-order valence-corrected chi connectivity index (χ1v) is 7.72. The Morgan fingerprint density at radius 2 is 1.82 bits per heavy atom. The third kappa shape index (κ3) is 4.35. The molecule has 1 unspecified atom stereocenters. The zero-order valence-corrected chi connectivity index (χ0v) is 13.4. The zero-order valence-electron chi connectivity index (χ0n) is 13.4. The second-order valence-corrected chi connectivity index (χ2v) is 5.60. The van der Waals surface area contributed by atoms with Crippen LogP contribution in [0.1, 0.15) is 38.7 Å². The maximum Gasteiger partial charge on any atom is 0.265 e. The Hall–Kier alpha value is -2.29. The van der Waals surface area contributed by atoms with E-state index in [0.29, 0.717) is 18.1 Å². The summed E-state index contributed by atoms with van der Waals surface area (Å²) in [7, 11) is 0. The molecular weight excluding hydrogens is 274 g/mol. The molecule has 0 saturated carbocycles. The fourth-order valence-electron chi connectivity index (χ4n) is 2.18. The van der Waals surface area contributed by atoms with Crippen molar-refractivity contribution in [3.05, 3.63) is 60.2 Å². The van der Waals surface area contributed by atoms with Crippen molar-refractivity contribution >= 4 is 11.6 Å². The molecule has 3 heteroatoms. The molecule has 0 radical (unpaired) electrons. The highest BCUT2D eigenvalue weighted by Gasteiger charge is 2.18. The zero-order chi connectivity index (χ0) is 15.9. The van der Waals surface area contributed by atoms with Crippen LogP contribution in [0.4, 0.5) is 5.69 Å². The number of benzene rings is 2. The number of para-hydroxylation sites is 1. The molecule has 0 aromatic heterocycles. The molecule has 3 nitrogen and oxygen atoms in total. The van der Waals surface area contributed by atoms with E-state index in [1.807, 2.05) is 55.5 Å². The van der Waals surface area contributed by atoms with E-state index in [1.54, 1.807) is 0 Å². The minimum Gasteiger partial charge on any atom is -0.481 e. The summed E-state index contributed by atoms with van der Waals surface area (Å²) in [5.41, 5.74) is 2.01. The van der Waals surface area contributed by atoms with E-state index >= 15 is 0 Å². The molecule has 116 valence electrons. The minimum absolute atomic E-state index is 0.118. The molecule has 0 fully saturated rings. The number of nitrogens with one attached hydrogen (secondary N) is 1. The van der Waals surface area contributed by atoms with Gasteiger partial charge in [0, 0.05) is 5.69 Å². The average molecular weight is 297 g/mol. The quantitative estimate of drug-likeness (QED) is 0.845. The van der Waals surface area contributed by atoms with Gasteiger partial charge in [0.2, 0.25) is 0 Å². The monoisotopic (exact) mass is 297 g/mol. The molecule has 0 saturated heterocycles. The molecule has 22 heavy (non-hydrogen) atoms. The Morgan fingerprint density at radius 3 is 2.45 bits per heavy atom. The van der Waals surface area contributed by atoms with Crippen molar-refractivity contribution in [3.8, 4) is 5.75 Å². The molecule has 1 N–H and O–H groups in total. The maximum atomic E-state index is 12.4. The molecule has 1 amide bonds. The summed E-state index contributed by atoms with van der Waals surface area (Å²) in [4.78, 5) is 12.4. The Bertz CT molecular complexity index is 608. The van der Waals surface area contributed by atoms with Gasteiger partial charge in [-0.2, -0.15) is 0 Å². The van der Waals surface area contributed by atoms with Crippen molar-refractivity contribution in [2.24, 2.45) is 0 Å². The second kappa shape index (κ2) is 7.64. The summed E-state index contributed by atoms with van der Waals surface area (Å²) in [6.07, 6.45) is 0.120. The molecule has 1 atom stereocenters. The molecule has 2 aromatic rings. The third-order valence-corrected chi connectivity index (χ3v) is 3.51. The molecule has 0 spiro atoms. The van der Waals surface area contributed by atoms with Gasteiger partial charge in [0.05, 0.1) is 0 Å². The van der Waals surface area contributed by atoms with Gasteiger partial charge in [-0.25, -0.2) is 0 Å². The van der Waals surface area contributed by atoms with E-state index in [-0.39, 0.29) is 5.91 Å². The highest BCUT2D eigenvalue weighted by molar-refractivity contribution is 5.94. The Kier molecular flexibility index (Phi) is 5.59. The van der Waals surface area contributed by atoms with E-state index in [2.05, 4.69) is 25.2 Å². The molecule has 2 aromatic carbocycles. The van der Waals surface area contributed by atoms with Crippen LogP contribution in [0, 0.1) is 0 Å². The fraction of sp³-hybridized carbons (Fsp3) is 0.316. The summed E-state index contributed by atoms with van der Waals surface area (Å²) >= 11 is 0. The first-order chi connectivity index (χ1) is 10.6. The molecule has 0 aliphatic rings. The first kappa shape index (κ1) is 16.1. The summed E-state index contributed by atoms with van der Waals surface area (Å²) in [5.74, 6) is 1.02. The number of rotatable bonds is 6. The number of carbonyl (C=O) groups is 1. The lowest BCUT2D eigenvalue weighted by atomic mass is 10.0. The fourth-order valence-corrected chi connectivity index (χ4v) is 2.18. The van der Waals surface area contributed by atoms with Crippen LogP contribution in [0.25, 0.3) is 0 Å². The Morgan fingerprint density at radius 1 is 1.09 bits per heavy atom. The standard InChI is InChI=1S/C19H23NO2/c1-4-18(22-17-11-6-5-7-12-17)19(21)20-16-10-8-9-15(13-16)14(2)3/h5-14,18H,4H2,1-3H3,(H,20,21). The average Bonchev–Trinajstić information content (AvgIpc) is 2.53. The van der Waals surface area contributed by atoms with Crippen LogP contribution < -0.4 is 10.1 Å². The molecular formula is C19H23NO2. The molecule has 0 aliphatic heterocycles. The number of hydrogen-bond acceptors (Lipinski definition) is 2. The van der Waals surface area contributed by atoms with Crippen molar-refractivity contribution in [2.75, 3.05) is 5.32 Å². The highest BCUT2D eigenvalue weighted by atomic mass is 16.5. The van der Waals surface area contributed by atoms with Gasteiger partial charge in [0.15, 0.2) is 6.10 Å². The molecule has 0 heterocycles. The summed E-state index contributed by atoms with van der Waals surface area (Å²) in [5, 5.41) is 2.94. The van der Waals surface area contributed by atoms with E-state index < -0.39 is 6.10 Å². The maximum absolute atomic E-state index is 12.4. The Balaban J connectivity index is 2.04. The van der Waals surface area contributed by atoms with Crippen molar-refractivity contribution in [1.29, 1.82) is 0 Å². The number of carbonyl (C=O) groups excluding carboxylic acids is 1. The van der Waals surface area contributed by atoms with Gasteiger partial charge >= 0.3 is 0 Å². The smallest absolute Gasteiger partial charge is 0.265 e. The van der Waals surface area contributed by atoms with Crippen LogP contribution >= 0.6 is 0 Å². The lowest BCUT2D eigenvalue weighted by molar-refractivity contribution is -0.122. The number of hydrogen-bond donors (Lipinski definition) is 1. The van der Waals surface area contributed by atoms with Crippen LogP contribution in [0.3, 0.4) is 0 Å². The highest BCUT2D eigenvalue weighted by Crippen LogP contribution is 2.19. The van der Waals surface area contributed by atoms with Crippen molar-refractivity contribution < 1.29 is 9.53 Å². The topological polar surface area (TPSA) is 38.3 Å². The van der Waals surface area contributed by atoms with E-state index in [0.717, 1.165) is 5.69 Å². The largest absolute Gasteiger partial charge is 0.481 e. The van der Waals surface area contributed by atoms with Crippen molar-refractivity contribution in [2.45, 2.75) is 39.2 Å². The predicted octanol–water partition coefficient (Wildman–Crippen LogP) is 4.61. The minimum atomic E-state index is -0.495. The number of ether oxygens (including phenoxy) is 1. The molecule has 0 bridgehead atoms. The van der Waals surface area contributed by atoms with Crippen LogP contribution in [0.5, 0.6) is 5.75 Å². The van der Waals surface area contributed by atoms with Gasteiger partial charge in [-0.1, -0.05) is 51.1 Å². The van der Waals surface area contributed by atoms with Gasteiger partial charge in [-0.05, 0) is 42.2 Å². The number of amides is 1. The van der Waals surface area contributed by atoms with Crippen LogP contribution in [-0.4, -0.2) is 12.0 Å². The SMILES string of the molecule is CCC(Oc1ccccc1)C(=O)Nc1cccc(C(C)C)c1. The third-order valence-electron chi connectivity index (χ3n) is 3.51. The van der Waals surface area contributed by atoms with Gasteiger partial charge in [-0.3, -0.25) is 4.79 Å². The molecule has 2 rings (SSSR count). The van der Waals surface area contributed by atoms with E-state index in [9.17, 15) is 4.79 Å². The first-order valence-electron chi connectivity index (χ1n) is 7.72. The summed E-state index contributed by atoms with van der Waals surface area (Å²) in [6.45, 7) is 6.21. The number of anilines is 1. The van der Waals surface area contributed by atoms with Gasteiger partial charge in [0.25, 0.3) is 5.91 Å². The summed E-state index contributed by atoms with van der Waals surface area (Å²) < 4.78 is 5.76. The van der Waals surface area contributed by atoms with E-state index in [4.69, 9.17) is 4.74 Å². The van der Waals surface area contributed by atoms with Gasteiger partial charge in [0.1, 0.15) is 5.75 Å². The second-order valence-electron chi connectivity index (χ2n) is 5.60. The van der Waals surface area contributed by atoms with E-state index in [1.165, 1.54) is 5.56 Å². The summed E-state index contributed by atoms with van der Waals surface area (Å²) in [6, 6.07) is 17.4. The predicted molar refractivity (Wildman–Crippen MR) is 90.3 cm³/mol. The van der Waals surface area contributed by atoms with Gasteiger partial charge < -0.3 is 10.1 Å². The lowest BCUT2D eigenvalue weighted by Gasteiger charge is -2.17. The van der Waals surface area contributed by atoms with Crippen LogP contribution in [0.2, 0.25) is 0 Å². The molecule has 0 aliphatic carbocycles. The van der Waals surface area contributed by atoms with Gasteiger partial charge in [-0.15, -0.1) is 0 Å². The van der Waals surface area contributed by atoms with Crippen LogP contribution in [0.15, 0.2) is 54.6 Å². The normalized spacial score (nSPS) is 12.0.